The standard InChI is InChI=1S/C12H12ClN3/c13-11-4-1-5-12(7-11)16-9-10(8-15-16)3-2-6-14/h1-5,7-9H,6,14H2. The molecule has 0 fully saturated rings. The molecular formula is C12H12ClN3. The second-order valence-corrected chi connectivity index (χ2v) is 3.77. The molecule has 0 amide bonds. The van der Waals surface area contributed by atoms with Crippen LogP contribution in [-0.2, 0) is 0 Å². The van der Waals surface area contributed by atoms with Crippen LogP contribution in [0.2, 0.25) is 5.02 Å². The van der Waals surface area contributed by atoms with E-state index in [-0.39, 0.29) is 0 Å². The zero-order valence-electron chi connectivity index (χ0n) is 8.68. The minimum atomic E-state index is 0.530. The molecule has 82 valence electrons. The molecule has 2 N–H and O–H groups in total. The first-order valence-electron chi connectivity index (χ1n) is 4.97. The van der Waals surface area contributed by atoms with Crippen molar-refractivity contribution in [1.29, 1.82) is 0 Å². The van der Waals surface area contributed by atoms with Crippen LogP contribution in [0, 0.1) is 0 Å². The molecule has 0 aliphatic carbocycles. The molecule has 0 saturated carbocycles. The Morgan fingerprint density at radius 2 is 2.31 bits per heavy atom. The summed E-state index contributed by atoms with van der Waals surface area (Å²) >= 11 is 5.91. The molecule has 0 aliphatic rings. The Kier molecular flexibility index (Phi) is 3.39. The molecule has 1 aromatic carbocycles. The highest BCUT2D eigenvalue weighted by Gasteiger charge is 1.99. The highest BCUT2D eigenvalue weighted by molar-refractivity contribution is 6.30. The van der Waals surface area contributed by atoms with Gasteiger partial charge in [0, 0.05) is 23.3 Å². The molecule has 1 heterocycles. The third-order valence-corrected chi connectivity index (χ3v) is 2.36. The van der Waals surface area contributed by atoms with Gasteiger partial charge in [0.05, 0.1) is 11.9 Å². The van der Waals surface area contributed by atoms with Gasteiger partial charge in [-0.25, -0.2) is 4.68 Å². The first kappa shape index (κ1) is 10.9. The van der Waals surface area contributed by atoms with Crippen LogP contribution in [0.3, 0.4) is 0 Å². The van der Waals surface area contributed by atoms with E-state index in [1.165, 1.54) is 0 Å². The van der Waals surface area contributed by atoms with Crippen molar-refractivity contribution >= 4 is 17.7 Å². The first-order chi connectivity index (χ1) is 7.79. The van der Waals surface area contributed by atoms with Crippen LogP contribution in [-0.4, -0.2) is 16.3 Å². The fourth-order valence-electron chi connectivity index (χ4n) is 1.39. The number of rotatable bonds is 3. The predicted molar refractivity (Wildman–Crippen MR) is 66.7 cm³/mol. The monoisotopic (exact) mass is 233 g/mol. The van der Waals surface area contributed by atoms with E-state index in [9.17, 15) is 0 Å². The Morgan fingerprint density at radius 3 is 3.06 bits per heavy atom. The second-order valence-electron chi connectivity index (χ2n) is 3.34. The molecular weight excluding hydrogens is 222 g/mol. The van der Waals surface area contributed by atoms with Crippen molar-refractivity contribution < 1.29 is 0 Å². The van der Waals surface area contributed by atoms with E-state index < -0.39 is 0 Å². The smallest absolute Gasteiger partial charge is 0.0660 e. The Hall–Kier alpha value is -1.58. The van der Waals surface area contributed by atoms with Crippen LogP contribution in [0.25, 0.3) is 11.8 Å². The van der Waals surface area contributed by atoms with Crippen LogP contribution >= 0.6 is 11.6 Å². The summed E-state index contributed by atoms with van der Waals surface area (Å²) in [6, 6.07) is 7.55. The van der Waals surface area contributed by atoms with Gasteiger partial charge in [0.25, 0.3) is 0 Å². The molecule has 0 atom stereocenters. The maximum absolute atomic E-state index is 5.91. The van der Waals surface area contributed by atoms with Gasteiger partial charge in [-0.3, -0.25) is 0 Å². The van der Waals surface area contributed by atoms with Gasteiger partial charge in [-0.05, 0) is 18.2 Å². The number of benzene rings is 1. The number of hydrogen-bond donors (Lipinski definition) is 1. The Bertz CT molecular complexity index is 502. The van der Waals surface area contributed by atoms with Gasteiger partial charge < -0.3 is 5.73 Å². The Labute approximate surface area is 99.1 Å². The number of aromatic nitrogens is 2. The summed E-state index contributed by atoms with van der Waals surface area (Å²) in [5, 5.41) is 4.95. The third kappa shape index (κ3) is 2.51. The number of halogens is 1. The van der Waals surface area contributed by atoms with Crippen molar-refractivity contribution in [3.63, 3.8) is 0 Å². The molecule has 0 spiro atoms. The summed E-state index contributed by atoms with van der Waals surface area (Å²) in [7, 11) is 0. The quantitative estimate of drug-likeness (QED) is 0.885. The highest BCUT2D eigenvalue weighted by atomic mass is 35.5. The molecule has 2 rings (SSSR count). The van der Waals surface area contributed by atoms with Crippen LogP contribution < -0.4 is 5.73 Å². The van der Waals surface area contributed by atoms with E-state index in [2.05, 4.69) is 5.10 Å². The van der Waals surface area contributed by atoms with Crippen molar-refractivity contribution in [2.45, 2.75) is 0 Å². The highest BCUT2D eigenvalue weighted by Crippen LogP contribution is 2.14. The van der Waals surface area contributed by atoms with E-state index in [1.807, 2.05) is 42.6 Å². The van der Waals surface area contributed by atoms with Crippen LogP contribution in [0.4, 0.5) is 0 Å². The minimum absolute atomic E-state index is 0.530. The zero-order valence-corrected chi connectivity index (χ0v) is 9.43. The summed E-state index contributed by atoms with van der Waals surface area (Å²) in [5.74, 6) is 0. The normalized spacial score (nSPS) is 11.1. The van der Waals surface area contributed by atoms with E-state index in [4.69, 9.17) is 17.3 Å². The molecule has 0 aliphatic heterocycles. The average molecular weight is 234 g/mol. The van der Waals surface area contributed by atoms with Crippen LogP contribution in [0.15, 0.2) is 42.7 Å². The fraction of sp³-hybridized carbons (Fsp3) is 0.0833. The molecule has 3 nitrogen and oxygen atoms in total. The van der Waals surface area contributed by atoms with Crippen LogP contribution in [0.5, 0.6) is 0 Å². The average Bonchev–Trinajstić information content (AvgIpc) is 2.75. The SMILES string of the molecule is NCC=Cc1cnn(-c2cccc(Cl)c2)c1. The molecule has 1 aromatic heterocycles. The van der Waals surface area contributed by atoms with Crippen LogP contribution in [0.1, 0.15) is 5.56 Å². The molecule has 0 radical (unpaired) electrons. The summed E-state index contributed by atoms with van der Waals surface area (Å²) in [6.07, 6.45) is 7.54. The van der Waals surface area contributed by atoms with Gasteiger partial charge in [-0.2, -0.15) is 5.10 Å². The number of nitrogens with two attached hydrogens (primary N) is 1. The molecule has 0 saturated heterocycles. The van der Waals surface area contributed by atoms with Gasteiger partial charge in [-0.1, -0.05) is 29.8 Å². The maximum Gasteiger partial charge on any atom is 0.0660 e. The summed E-state index contributed by atoms with van der Waals surface area (Å²) in [4.78, 5) is 0. The molecule has 0 unspecified atom stereocenters. The lowest BCUT2D eigenvalue weighted by Crippen LogP contribution is -1.93. The zero-order chi connectivity index (χ0) is 11.4. The van der Waals surface area contributed by atoms with E-state index >= 15 is 0 Å². The maximum atomic E-state index is 5.91. The van der Waals surface area contributed by atoms with E-state index in [1.54, 1.807) is 10.9 Å². The molecule has 2 aromatic rings. The number of nitrogens with zero attached hydrogens (tertiary/aromatic N) is 2. The second kappa shape index (κ2) is 4.96. The Morgan fingerprint density at radius 1 is 1.44 bits per heavy atom. The molecule has 4 heteroatoms. The predicted octanol–water partition coefficient (Wildman–Crippen LogP) is 2.50. The lowest BCUT2D eigenvalue weighted by molar-refractivity contribution is 0.880. The van der Waals surface area contributed by atoms with Crippen molar-refractivity contribution in [3.8, 4) is 5.69 Å². The van der Waals surface area contributed by atoms with Gasteiger partial charge >= 0.3 is 0 Å². The largest absolute Gasteiger partial charge is 0.327 e. The third-order valence-electron chi connectivity index (χ3n) is 2.12. The molecule has 0 bridgehead atoms. The summed E-state index contributed by atoms with van der Waals surface area (Å²) in [6.45, 7) is 0.530. The first-order valence-corrected chi connectivity index (χ1v) is 5.34. The minimum Gasteiger partial charge on any atom is -0.327 e. The summed E-state index contributed by atoms with van der Waals surface area (Å²) in [5.41, 5.74) is 7.35. The van der Waals surface area contributed by atoms with Gasteiger partial charge in [0.1, 0.15) is 0 Å². The van der Waals surface area contributed by atoms with Crippen molar-refractivity contribution in [1.82, 2.24) is 9.78 Å². The van der Waals surface area contributed by atoms with E-state index in [0.717, 1.165) is 11.3 Å². The van der Waals surface area contributed by atoms with Gasteiger partial charge in [0.2, 0.25) is 0 Å². The topological polar surface area (TPSA) is 43.8 Å². The van der Waals surface area contributed by atoms with Gasteiger partial charge in [0.15, 0.2) is 0 Å². The van der Waals surface area contributed by atoms with Gasteiger partial charge in [-0.15, -0.1) is 0 Å². The lowest BCUT2D eigenvalue weighted by Gasteiger charge is -2.00. The Balaban J connectivity index is 2.28. The summed E-state index contributed by atoms with van der Waals surface area (Å²) < 4.78 is 1.78. The molecule has 16 heavy (non-hydrogen) atoms. The fourth-order valence-corrected chi connectivity index (χ4v) is 1.57. The van der Waals surface area contributed by atoms with Crippen molar-refractivity contribution in [3.05, 3.63) is 53.3 Å². The number of hydrogen-bond acceptors (Lipinski definition) is 2. The van der Waals surface area contributed by atoms with E-state index in [0.29, 0.717) is 11.6 Å². The van der Waals surface area contributed by atoms with Crippen molar-refractivity contribution in [2.24, 2.45) is 5.73 Å². The lowest BCUT2D eigenvalue weighted by atomic mass is 10.3. The van der Waals surface area contributed by atoms with Crippen molar-refractivity contribution in [2.75, 3.05) is 6.54 Å².